The van der Waals surface area contributed by atoms with Gasteiger partial charge in [0.15, 0.2) is 0 Å². The number of hydrogen-bond acceptors (Lipinski definition) is 3. The highest BCUT2D eigenvalue weighted by Gasteiger charge is 2.36. The molecule has 1 saturated heterocycles. The van der Waals surface area contributed by atoms with Crippen LogP contribution >= 0.6 is 0 Å². The SMILES string of the molecule is CCC1CN(S(=O)(=O)CC(C)(C)C)C(CC)CN1. The lowest BCUT2D eigenvalue weighted by Gasteiger charge is -2.40. The fourth-order valence-electron chi connectivity index (χ4n) is 2.43. The van der Waals surface area contributed by atoms with Gasteiger partial charge in [0.25, 0.3) is 0 Å². The van der Waals surface area contributed by atoms with Gasteiger partial charge in [0.05, 0.1) is 5.75 Å². The van der Waals surface area contributed by atoms with Gasteiger partial charge in [-0.15, -0.1) is 0 Å². The second-order valence-electron chi connectivity index (χ2n) is 6.46. The third kappa shape index (κ3) is 4.21. The van der Waals surface area contributed by atoms with Crippen LogP contribution in [-0.2, 0) is 10.0 Å². The van der Waals surface area contributed by atoms with E-state index < -0.39 is 10.0 Å². The van der Waals surface area contributed by atoms with Crippen LogP contribution in [0.1, 0.15) is 47.5 Å². The molecule has 5 heteroatoms. The van der Waals surface area contributed by atoms with Gasteiger partial charge in [0, 0.05) is 25.2 Å². The van der Waals surface area contributed by atoms with E-state index in [9.17, 15) is 8.42 Å². The van der Waals surface area contributed by atoms with Gasteiger partial charge in [-0.05, 0) is 18.3 Å². The minimum Gasteiger partial charge on any atom is -0.311 e. The summed E-state index contributed by atoms with van der Waals surface area (Å²) in [6.45, 7) is 11.5. The number of piperazine rings is 1. The maximum atomic E-state index is 12.5. The summed E-state index contributed by atoms with van der Waals surface area (Å²) < 4.78 is 26.8. The molecule has 4 nitrogen and oxygen atoms in total. The Morgan fingerprint density at radius 1 is 1.22 bits per heavy atom. The van der Waals surface area contributed by atoms with Gasteiger partial charge in [-0.2, -0.15) is 4.31 Å². The molecule has 0 saturated carbocycles. The van der Waals surface area contributed by atoms with Crippen molar-refractivity contribution in [2.75, 3.05) is 18.8 Å². The smallest absolute Gasteiger partial charge is 0.214 e. The van der Waals surface area contributed by atoms with Crippen molar-refractivity contribution in [3.63, 3.8) is 0 Å². The lowest BCUT2D eigenvalue weighted by molar-refractivity contribution is 0.213. The first-order valence-corrected chi connectivity index (χ1v) is 8.53. The molecule has 2 unspecified atom stereocenters. The number of hydrogen-bond donors (Lipinski definition) is 1. The van der Waals surface area contributed by atoms with Crippen LogP contribution in [0.15, 0.2) is 0 Å². The molecule has 18 heavy (non-hydrogen) atoms. The molecule has 0 aromatic rings. The number of nitrogens with zero attached hydrogens (tertiary/aromatic N) is 1. The van der Waals surface area contributed by atoms with Crippen LogP contribution in [0, 0.1) is 5.41 Å². The van der Waals surface area contributed by atoms with E-state index in [1.165, 1.54) is 0 Å². The van der Waals surface area contributed by atoms with E-state index in [1.54, 1.807) is 4.31 Å². The predicted octanol–water partition coefficient (Wildman–Crippen LogP) is 1.82. The third-order valence-corrected chi connectivity index (χ3v) is 5.78. The van der Waals surface area contributed by atoms with Crippen LogP contribution in [0.25, 0.3) is 0 Å². The van der Waals surface area contributed by atoms with Gasteiger partial charge in [-0.3, -0.25) is 0 Å². The van der Waals surface area contributed by atoms with Crippen molar-refractivity contribution in [2.45, 2.75) is 59.5 Å². The van der Waals surface area contributed by atoms with Crippen molar-refractivity contribution in [3.8, 4) is 0 Å². The fourth-order valence-corrected chi connectivity index (χ4v) is 4.77. The minimum absolute atomic E-state index is 0.111. The predicted molar refractivity (Wildman–Crippen MR) is 76.1 cm³/mol. The van der Waals surface area contributed by atoms with E-state index in [0.29, 0.717) is 12.6 Å². The summed E-state index contributed by atoms with van der Waals surface area (Å²) in [4.78, 5) is 0. The Bertz CT molecular complexity index is 360. The summed E-state index contributed by atoms with van der Waals surface area (Å²) >= 11 is 0. The van der Waals surface area contributed by atoms with Crippen molar-refractivity contribution in [1.29, 1.82) is 0 Å². The summed E-state index contributed by atoms with van der Waals surface area (Å²) in [5.74, 6) is 0.229. The molecule has 0 aliphatic carbocycles. The molecule has 0 aromatic heterocycles. The first-order valence-electron chi connectivity index (χ1n) is 6.92. The summed E-state index contributed by atoms with van der Waals surface area (Å²) in [6, 6.07) is 0.405. The molecule has 1 rings (SSSR count). The van der Waals surface area contributed by atoms with Crippen LogP contribution < -0.4 is 5.32 Å². The Morgan fingerprint density at radius 3 is 2.28 bits per heavy atom. The molecule has 1 heterocycles. The molecule has 108 valence electrons. The monoisotopic (exact) mass is 276 g/mol. The first-order chi connectivity index (χ1) is 8.19. The number of sulfonamides is 1. The molecular weight excluding hydrogens is 248 g/mol. The number of rotatable bonds is 4. The topological polar surface area (TPSA) is 49.4 Å². The second kappa shape index (κ2) is 5.88. The maximum Gasteiger partial charge on any atom is 0.214 e. The maximum absolute atomic E-state index is 12.5. The van der Waals surface area contributed by atoms with E-state index in [-0.39, 0.29) is 17.2 Å². The highest BCUT2D eigenvalue weighted by atomic mass is 32.2. The first kappa shape index (κ1) is 15.9. The Morgan fingerprint density at radius 2 is 1.83 bits per heavy atom. The quantitative estimate of drug-likeness (QED) is 0.852. The zero-order valence-corrected chi connectivity index (χ0v) is 13.2. The van der Waals surface area contributed by atoms with E-state index in [0.717, 1.165) is 19.4 Å². The number of nitrogens with one attached hydrogen (secondary N) is 1. The van der Waals surface area contributed by atoms with Crippen molar-refractivity contribution < 1.29 is 8.42 Å². The van der Waals surface area contributed by atoms with E-state index in [1.807, 2.05) is 20.8 Å². The molecule has 1 aliphatic heterocycles. The molecule has 1 fully saturated rings. The van der Waals surface area contributed by atoms with Gasteiger partial charge in [-0.25, -0.2) is 8.42 Å². The van der Waals surface area contributed by atoms with Crippen LogP contribution in [0.5, 0.6) is 0 Å². The average molecular weight is 276 g/mol. The highest BCUT2D eigenvalue weighted by molar-refractivity contribution is 7.89. The van der Waals surface area contributed by atoms with Crippen molar-refractivity contribution in [2.24, 2.45) is 5.41 Å². The van der Waals surface area contributed by atoms with Crippen LogP contribution in [0.2, 0.25) is 0 Å². The Hall–Kier alpha value is -0.130. The van der Waals surface area contributed by atoms with Crippen LogP contribution in [-0.4, -0.2) is 43.6 Å². The van der Waals surface area contributed by atoms with Gasteiger partial charge in [-0.1, -0.05) is 34.6 Å². The van der Waals surface area contributed by atoms with Crippen LogP contribution in [0.4, 0.5) is 0 Å². The minimum atomic E-state index is -3.15. The molecule has 0 amide bonds. The normalized spacial score (nSPS) is 27.4. The summed E-state index contributed by atoms with van der Waals surface area (Å²) in [7, 11) is -3.15. The zero-order chi connectivity index (χ0) is 14.0. The van der Waals surface area contributed by atoms with Crippen molar-refractivity contribution >= 4 is 10.0 Å². The lowest BCUT2D eigenvalue weighted by Crippen LogP contribution is -2.58. The lowest BCUT2D eigenvalue weighted by atomic mass is 10.0. The summed E-state index contributed by atoms with van der Waals surface area (Å²) in [5.41, 5.74) is -0.191. The van der Waals surface area contributed by atoms with Gasteiger partial charge >= 0.3 is 0 Å². The summed E-state index contributed by atoms with van der Waals surface area (Å²) in [6.07, 6.45) is 1.84. The molecule has 0 radical (unpaired) electrons. The van der Waals surface area contributed by atoms with E-state index in [4.69, 9.17) is 0 Å². The van der Waals surface area contributed by atoms with Crippen molar-refractivity contribution in [1.82, 2.24) is 9.62 Å². The summed E-state index contributed by atoms with van der Waals surface area (Å²) in [5, 5.41) is 3.43. The molecule has 2 atom stereocenters. The molecular formula is C13H28N2O2S. The average Bonchev–Trinajstić information content (AvgIpc) is 2.25. The molecule has 1 aliphatic rings. The van der Waals surface area contributed by atoms with Gasteiger partial charge in [0.2, 0.25) is 10.0 Å². The molecule has 0 aromatic carbocycles. The Labute approximate surface area is 112 Å². The Balaban J connectivity index is 2.88. The second-order valence-corrected chi connectivity index (χ2v) is 8.38. The van der Waals surface area contributed by atoms with Gasteiger partial charge in [0.1, 0.15) is 0 Å². The Kier molecular flexibility index (Phi) is 5.21. The van der Waals surface area contributed by atoms with Crippen molar-refractivity contribution in [3.05, 3.63) is 0 Å². The fraction of sp³-hybridized carbons (Fsp3) is 1.00. The molecule has 1 N–H and O–H groups in total. The molecule has 0 bridgehead atoms. The van der Waals surface area contributed by atoms with E-state index >= 15 is 0 Å². The molecule has 0 spiro atoms. The standard InChI is InChI=1S/C13H28N2O2S/c1-6-11-9-15(12(7-2)8-14-11)18(16,17)10-13(3,4)5/h11-12,14H,6-10H2,1-5H3. The van der Waals surface area contributed by atoms with E-state index in [2.05, 4.69) is 19.2 Å². The zero-order valence-electron chi connectivity index (χ0n) is 12.4. The van der Waals surface area contributed by atoms with Gasteiger partial charge < -0.3 is 5.32 Å². The largest absolute Gasteiger partial charge is 0.311 e. The van der Waals surface area contributed by atoms with Crippen LogP contribution in [0.3, 0.4) is 0 Å². The third-order valence-electron chi connectivity index (χ3n) is 3.39. The highest BCUT2D eigenvalue weighted by Crippen LogP contribution is 2.23.